The molecule has 4 aromatic rings. The average Bonchev–Trinajstić information content (AvgIpc) is 3.16. The molecule has 2 aromatic carbocycles. The van der Waals surface area contributed by atoms with E-state index in [-0.39, 0.29) is 6.03 Å². The molecule has 1 N–H and O–H groups in total. The molecule has 2 amide bonds. The van der Waals surface area contributed by atoms with Crippen LogP contribution in [-0.4, -0.2) is 47.1 Å². The molecule has 0 unspecified atom stereocenters. The van der Waals surface area contributed by atoms with E-state index in [1.807, 2.05) is 41.3 Å². The normalized spacial score (nSPS) is 13.9. The van der Waals surface area contributed by atoms with Gasteiger partial charge in [-0.05, 0) is 30.5 Å². The average molecular weight is 472 g/mol. The number of hydrogen-bond donors (Lipinski definition) is 1. The van der Waals surface area contributed by atoms with Crippen LogP contribution in [0, 0.1) is 13.8 Å². The van der Waals surface area contributed by atoms with Crippen LogP contribution >= 0.6 is 11.3 Å². The molecule has 7 heteroatoms. The van der Waals surface area contributed by atoms with Gasteiger partial charge in [0.25, 0.3) is 0 Å². The number of rotatable bonds is 5. The number of anilines is 1. The van der Waals surface area contributed by atoms with Crippen molar-refractivity contribution in [3.05, 3.63) is 88.1 Å². The maximum absolute atomic E-state index is 12.7. The third kappa shape index (κ3) is 4.75. The molecule has 174 valence electrons. The minimum atomic E-state index is -0.0105. The number of nitrogens with zero attached hydrogens (tertiary/aromatic N) is 4. The Kier molecular flexibility index (Phi) is 6.45. The molecule has 1 aliphatic heterocycles. The number of benzene rings is 2. The third-order valence-electron chi connectivity index (χ3n) is 6.41. The number of nitrogens with one attached hydrogen (secondary N) is 1. The second kappa shape index (κ2) is 9.81. The Morgan fingerprint density at radius 2 is 1.56 bits per heavy atom. The summed E-state index contributed by atoms with van der Waals surface area (Å²) in [4.78, 5) is 29.2. The van der Waals surface area contributed by atoms with E-state index < -0.39 is 0 Å². The predicted molar refractivity (Wildman–Crippen MR) is 139 cm³/mol. The summed E-state index contributed by atoms with van der Waals surface area (Å²) in [5.41, 5.74) is 3.56. The van der Waals surface area contributed by atoms with Crippen LogP contribution in [-0.2, 0) is 13.0 Å². The fourth-order valence-corrected chi connectivity index (χ4v) is 5.41. The van der Waals surface area contributed by atoms with Crippen LogP contribution in [0.3, 0.4) is 0 Å². The Bertz CT molecular complexity index is 1280. The maximum atomic E-state index is 12.7. The van der Waals surface area contributed by atoms with E-state index in [9.17, 15) is 4.79 Å². The molecule has 1 saturated heterocycles. The van der Waals surface area contributed by atoms with Gasteiger partial charge in [0.05, 0.1) is 5.39 Å². The number of urea groups is 1. The van der Waals surface area contributed by atoms with Crippen molar-refractivity contribution >= 4 is 33.4 Å². The first kappa shape index (κ1) is 22.3. The van der Waals surface area contributed by atoms with E-state index >= 15 is 0 Å². The highest BCUT2D eigenvalue weighted by atomic mass is 32.1. The van der Waals surface area contributed by atoms with Crippen molar-refractivity contribution in [3.63, 3.8) is 0 Å². The number of aromatic nitrogens is 2. The highest BCUT2D eigenvalue weighted by Crippen LogP contribution is 2.35. The van der Waals surface area contributed by atoms with Gasteiger partial charge in [0, 0.05) is 44.0 Å². The molecule has 0 saturated carbocycles. The summed E-state index contributed by atoms with van der Waals surface area (Å²) in [6.45, 7) is 7.70. The van der Waals surface area contributed by atoms with Crippen molar-refractivity contribution in [2.45, 2.75) is 26.8 Å². The lowest BCUT2D eigenvalue weighted by Crippen LogP contribution is -2.52. The lowest BCUT2D eigenvalue weighted by atomic mass is 10.1. The van der Waals surface area contributed by atoms with Crippen LogP contribution in [0.2, 0.25) is 0 Å². The number of hydrogen-bond acceptors (Lipinski definition) is 5. The molecule has 6 nitrogen and oxygen atoms in total. The Hall–Kier alpha value is -3.45. The number of thiophene rings is 1. The van der Waals surface area contributed by atoms with Crippen molar-refractivity contribution in [2.75, 3.05) is 31.1 Å². The van der Waals surface area contributed by atoms with Crippen LogP contribution in [0.25, 0.3) is 10.2 Å². The summed E-state index contributed by atoms with van der Waals surface area (Å²) < 4.78 is 0. The van der Waals surface area contributed by atoms with Gasteiger partial charge in [-0.15, -0.1) is 11.3 Å². The van der Waals surface area contributed by atoms with Gasteiger partial charge in [0.2, 0.25) is 0 Å². The molecule has 1 fully saturated rings. The Labute approximate surface area is 204 Å². The molecule has 0 atom stereocenters. The summed E-state index contributed by atoms with van der Waals surface area (Å²) in [5, 5.41) is 4.20. The van der Waals surface area contributed by atoms with E-state index in [0.717, 1.165) is 40.5 Å². The topological polar surface area (TPSA) is 61.4 Å². The number of carbonyl (C=O) groups excluding carboxylic acids is 1. The molecule has 0 aliphatic carbocycles. The monoisotopic (exact) mass is 471 g/mol. The molecule has 0 spiro atoms. The molecule has 0 radical (unpaired) electrons. The summed E-state index contributed by atoms with van der Waals surface area (Å²) in [7, 11) is 0. The van der Waals surface area contributed by atoms with E-state index in [1.165, 1.54) is 16.0 Å². The van der Waals surface area contributed by atoms with Crippen molar-refractivity contribution < 1.29 is 4.79 Å². The lowest BCUT2D eigenvalue weighted by Gasteiger charge is -2.35. The Morgan fingerprint density at radius 3 is 2.24 bits per heavy atom. The highest BCUT2D eigenvalue weighted by molar-refractivity contribution is 7.18. The van der Waals surface area contributed by atoms with Crippen molar-refractivity contribution in [1.29, 1.82) is 0 Å². The SMILES string of the molecule is Cc1sc2nc(Cc3ccccc3)nc(N3CCN(C(=O)NCc4ccccc4)CC3)c2c1C. The zero-order chi connectivity index (χ0) is 23.5. The van der Waals surface area contributed by atoms with Crippen molar-refractivity contribution in [3.8, 4) is 0 Å². The summed E-state index contributed by atoms with van der Waals surface area (Å²) in [5.74, 6) is 1.85. The second-order valence-corrected chi connectivity index (χ2v) is 9.91. The number of amides is 2. The van der Waals surface area contributed by atoms with Gasteiger partial charge in [0.1, 0.15) is 16.5 Å². The molecular weight excluding hydrogens is 442 g/mol. The Balaban J connectivity index is 1.32. The van der Waals surface area contributed by atoms with Crippen LogP contribution < -0.4 is 10.2 Å². The largest absolute Gasteiger partial charge is 0.352 e. The fourth-order valence-electron chi connectivity index (χ4n) is 4.36. The molecule has 5 rings (SSSR count). The Morgan fingerprint density at radius 1 is 0.912 bits per heavy atom. The first-order chi connectivity index (χ1) is 16.6. The third-order valence-corrected chi connectivity index (χ3v) is 7.52. The number of piperazine rings is 1. The van der Waals surface area contributed by atoms with Gasteiger partial charge in [-0.2, -0.15) is 0 Å². The summed E-state index contributed by atoms with van der Waals surface area (Å²) in [6, 6.07) is 20.4. The zero-order valence-corrected chi connectivity index (χ0v) is 20.4. The van der Waals surface area contributed by atoms with Gasteiger partial charge in [-0.3, -0.25) is 0 Å². The number of aryl methyl sites for hydroxylation is 2. The minimum absolute atomic E-state index is 0.0105. The van der Waals surface area contributed by atoms with Gasteiger partial charge in [-0.25, -0.2) is 14.8 Å². The first-order valence-corrected chi connectivity index (χ1v) is 12.5. The van der Waals surface area contributed by atoms with Crippen LogP contribution in [0.15, 0.2) is 60.7 Å². The zero-order valence-electron chi connectivity index (χ0n) is 19.6. The van der Waals surface area contributed by atoms with Crippen molar-refractivity contribution in [1.82, 2.24) is 20.2 Å². The van der Waals surface area contributed by atoms with Gasteiger partial charge >= 0.3 is 6.03 Å². The predicted octanol–water partition coefficient (Wildman–Crippen LogP) is 4.93. The lowest BCUT2D eigenvalue weighted by molar-refractivity contribution is 0.194. The molecule has 1 aliphatic rings. The molecule has 3 heterocycles. The molecule has 34 heavy (non-hydrogen) atoms. The highest BCUT2D eigenvalue weighted by Gasteiger charge is 2.25. The van der Waals surface area contributed by atoms with Gasteiger partial charge in [-0.1, -0.05) is 60.7 Å². The van der Waals surface area contributed by atoms with Gasteiger partial charge in [0.15, 0.2) is 0 Å². The minimum Gasteiger partial charge on any atom is -0.352 e. The smallest absolute Gasteiger partial charge is 0.317 e. The first-order valence-electron chi connectivity index (χ1n) is 11.7. The summed E-state index contributed by atoms with van der Waals surface area (Å²) >= 11 is 1.74. The van der Waals surface area contributed by atoms with E-state index in [1.54, 1.807) is 11.3 Å². The molecule has 0 bridgehead atoms. The second-order valence-electron chi connectivity index (χ2n) is 8.71. The van der Waals surface area contributed by atoms with Crippen LogP contribution in [0.1, 0.15) is 27.4 Å². The quantitative estimate of drug-likeness (QED) is 0.448. The summed E-state index contributed by atoms with van der Waals surface area (Å²) in [6.07, 6.45) is 0.710. The number of carbonyl (C=O) groups is 1. The van der Waals surface area contributed by atoms with Crippen molar-refractivity contribution in [2.24, 2.45) is 0 Å². The van der Waals surface area contributed by atoms with Crippen LogP contribution in [0.4, 0.5) is 10.6 Å². The van der Waals surface area contributed by atoms with Gasteiger partial charge < -0.3 is 15.1 Å². The number of fused-ring (bicyclic) bond motifs is 1. The van der Waals surface area contributed by atoms with Crippen LogP contribution in [0.5, 0.6) is 0 Å². The van der Waals surface area contributed by atoms with E-state index in [0.29, 0.717) is 26.1 Å². The van der Waals surface area contributed by atoms with E-state index in [2.05, 4.69) is 48.3 Å². The maximum Gasteiger partial charge on any atom is 0.317 e. The standard InChI is InChI=1S/C27H29N5OS/c1-19-20(2)34-26-24(19)25(29-23(30-26)17-21-9-5-3-6-10-21)31-13-15-32(16-14-31)27(33)28-18-22-11-7-4-8-12-22/h3-12H,13-18H2,1-2H3,(H,28,33). The van der Waals surface area contributed by atoms with E-state index in [4.69, 9.17) is 9.97 Å². The molecular formula is C27H29N5OS. The molecule has 2 aromatic heterocycles. The fraction of sp³-hybridized carbons (Fsp3) is 0.296.